The first-order valence-electron chi connectivity index (χ1n) is 9.62. The molecular formula is C22H16F5N3O2. The smallest absolute Gasteiger partial charge is 0.230 e. The van der Waals surface area contributed by atoms with Crippen LogP contribution >= 0.6 is 0 Å². The van der Waals surface area contributed by atoms with Crippen LogP contribution < -0.4 is 5.32 Å². The summed E-state index contributed by atoms with van der Waals surface area (Å²) in [6, 6.07) is 5.48. The van der Waals surface area contributed by atoms with E-state index in [1.165, 1.54) is 0 Å². The Morgan fingerprint density at radius 3 is 2.31 bits per heavy atom. The van der Waals surface area contributed by atoms with Crippen LogP contribution in [0.2, 0.25) is 0 Å². The summed E-state index contributed by atoms with van der Waals surface area (Å²) >= 11 is 0. The number of halogens is 5. The lowest BCUT2D eigenvalue weighted by atomic mass is 9.90. The average molecular weight is 449 g/mol. The molecule has 166 valence electrons. The van der Waals surface area contributed by atoms with Gasteiger partial charge in [-0.3, -0.25) is 4.79 Å². The largest absolute Gasteiger partial charge is 0.392 e. The number of hydrogen-bond acceptors (Lipinski definition) is 4. The molecule has 32 heavy (non-hydrogen) atoms. The highest BCUT2D eigenvalue weighted by atomic mass is 19.2. The molecule has 1 aliphatic rings. The molecule has 0 unspecified atom stereocenters. The van der Waals surface area contributed by atoms with E-state index >= 15 is 0 Å². The van der Waals surface area contributed by atoms with E-state index in [0.717, 1.165) is 16.7 Å². The Morgan fingerprint density at radius 1 is 1.00 bits per heavy atom. The third-order valence-electron chi connectivity index (χ3n) is 5.28. The second-order valence-corrected chi connectivity index (χ2v) is 7.38. The van der Waals surface area contributed by atoms with Crippen LogP contribution in [0.15, 0.2) is 18.2 Å². The number of aromatic nitrogens is 2. The van der Waals surface area contributed by atoms with Gasteiger partial charge in [-0.15, -0.1) is 0 Å². The highest BCUT2D eigenvalue weighted by Crippen LogP contribution is 2.33. The first-order chi connectivity index (χ1) is 15.2. The van der Waals surface area contributed by atoms with Gasteiger partial charge in [0.2, 0.25) is 11.7 Å². The second-order valence-electron chi connectivity index (χ2n) is 7.38. The number of fused-ring (bicyclic) bond motifs is 3. The third-order valence-corrected chi connectivity index (χ3v) is 5.28. The fourth-order valence-electron chi connectivity index (χ4n) is 3.64. The molecule has 0 bridgehead atoms. The predicted octanol–water partition coefficient (Wildman–Crippen LogP) is 3.92. The summed E-state index contributed by atoms with van der Waals surface area (Å²) in [6.45, 7) is 1.48. The van der Waals surface area contributed by atoms with Gasteiger partial charge in [0.05, 0.1) is 30.1 Å². The molecule has 0 fully saturated rings. The van der Waals surface area contributed by atoms with Gasteiger partial charge in [0.1, 0.15) is 0 Å². The number of aryl methyl sites for hydroxylation is 3. The van der Waals surface area contributed by atoms with E-state index in [0.29, 0.717) is 29.9 Å². The number of hydrogen-bond donors (Lipinski definition) is 2. The second kappa shape index (κ2) is 8.27. The maximum absolute atomic E-state index is 13.9. The standard InChI is InChI=1S/C22H16F5N3O2/c1-9-22(30-15(32)7-13-16(23)18(25)20(27)19(26)17(13)24)29-14-5-3-11-6-10(8-31)2-4-12(11)21(14)28-9/h2,4,6,31H,3,5,7-8H2,1H3,(H,29,30,32). The van der Waals surface area contributed by atoms with E-state index in [-0.39, 0.29) is 12.4 Å². The lowest BCUT2D eigenvalue weighted by molar-refractivity contribution is -0.115. The Hall–Kier alpha value is -3.40. The number of benzene rings is 2. The molecule has 1 aromatic heterocycles. The summed E-state index contributed by atoms with van der Waals surface area (Å²) in [4.78, 5) is 21.2. The van der Waals surface area contributed by atoms with Crippen LogP contribution in [0, 0.1) is 36.0 Å². The lowest BCUT2D eigenvalue weighted by Crippen LogP contribution is -2.21. The number of rotatable bonds is 4. The Balaban J connectivity index is 1.61. The Labute approximate surface area is 179 Å². The number of aliphatic hydroxyl groups excluding tert-OH is 1. The highest BCUT2D eigenvalue weighted by Gasteiger charge is 2.27. The quantitative estimate of drug-likeness (QED) is 0.360. The molecule has 5 nitrogen and oxygen atoms in total. The Morgan fingerprint density at radius 2 is 1.66 bits per heavy atom. The average Bonchev–Trinajstić information content (AvgIpc) is 2.79. The molecule has 0 saturated heterocycles. The molecule has 0 radical (unpaired) electrons. The van der Waals surface area contributed by atoms with Crippen LogP contribution in [-0.2, 0) is 30.7 Å². The maximum Gasteiger partial charge on any atom is 0.230 e. The van der Waals surface area contributed by atoms with E-state index in [9.17, 15) is 31.9 Å². The third kappa shape index (κ3) is 3.70. The van der Waals surface area contributed by atoms with Crippen LogP contribution in [0.25, 0.3) is 11.3 Å². The number of amides is 1. The summed E-state index contributed by atoms with van der Waals surface area (Å²) in [5.74, 6) is -11.6. The van der Waals surface area contributed by atoms with Crippen molar-refractivity contribution in [2.24, 2.45) is 0 Å². The molecule has 0 spiro atoms. The monoisotopic (exact) mass is 449 g/mol. The first kappa shape index (κ1) is 21.8. The zero-order valence-corrected chi connectivity index (χ0v) is 16.7. The minimum Gasteiger partial charge on any atom is -0.392 e. The van der Waals surface area contributed by atoms with Gasteiger partial charge < -0.3 is 10.4 Å². The van der Waals surface area contributed by atoms with Gasteiger partial charge in [-0.25, -0.2) is 31.9 Å². The molecular weight excluding hydrogens is 433 g/mol. The van der Waals surface area contributed by atoms with Crippen LogP contribution in [-0.4, -0.2) is 21.0 Å². The van der Waals surface area contributed by atoms with E-state index in [1.807, 2.05) is 12.1 Å². The molecule has 0 saturated carbocycles. The lowest BCUT2D eigenvalue weighted by Gasteiger charge is -2.20. The van der Waals surface area contributed by atoms with E-state index in [2.05, 4.69) is 15.3 Å². The van der Waals surface area contributed by atoms with Crippen molar-refractivity contribution >= 4 is 11.7 Å². The minimum absolute atomic E-state index is 0.0352. The van der Waals surface area contributed by atoms with Crippen molar-refractivity contribution in [2.45, 2.75) is 32.8 Å². The van der Waals surface area contributed by atoms with Crippen LogP contribution in [0.5, 0.6) is 0 Å². The zero-order chi connectivity index (χ0) is 23.2. The van der Waals surface area contributed by atoms with Crippen molar-refractivity contribution < 1.29 is 31.9 Å². The Bertz CT molecular complexity index is 1230. The van der Waals surface area contributed by atoms with Crippen molar-refractivity contribution in [2.75, 3.05) is 5.32 Å². The number of nitrogens with zero attached hydrogens (tertiary/aromatic N) is 2. The Kier molecular flexibility index (Phi) is 5.64. The summed E-state index contributed by atoms with van der Waals surface area (Å²) in [5, 5.41) is 11.6. The summed E-state index contributed by atoms with van der Waals surface area (Å²) < 4.78 is 67.6. The molecule has 10 heteroatoms. The highest BCUT2D eigenvalue weighted by molar-refractivity contribution is 5.92. The normalized spacial score (nSPS) is 12.3. The fourth-order valence-corrected chi connectivity index (χ4v) is 3.64. The molecule has 1 aliphatic carbocycles. The molecule has 2 aromatic carbocycles. The van der Waals surface area contributed by atoms with Crippen molar-refractivity contribution in [1.82, 2.24) is 9.97 Å². The van der Waals surface area contributed by atoms with E-state index < -0.39 is 47.0 Å². The van der Waals surface area contributed by atoms with E-state index in [1.54, 1.807) is 13.0 Å². The predicted molar refractivity (Wildman–Crippen MR) is 104 cm³/mol. The number of anilines is 1. The molecule has 1 heterocycles. The fraction of sp³-hybridized carbons (Fsp3) is 0.227. The van der Waals surface area contributed by atoms with Gasteiger partial charge in [-0.2, -0.15) is 0 Å². The molecule has 4 rings (SSSR count). The van der Waals surface area contributed by atoms with Gasteiger partial charge in [-0.05, 0) is 30.9 Å². The SMILES string of the molecule is Cc1nc2c(nc1NC(=O)Cc1c(F)c(F)c(F)c(F)c1F)CCc1cc(CO)ccc1-2. The van der Waals surface area contributed by atoms with E-state index in [4.69, 9.17) is 0 Å². The van der Waals surface area contributed by atoms with Gasteiger partial charge in [-0.1, -0.05) is 18.2 Å². The van der Waals surface area contributed by atoms with Crippen LogP contribution in [0.1, 0.15) is 28.1 Å². The number of carbonyl (C=O) groups is 1. The summed E-state index contributed by atoms with van der Waals surface area (Å²) in [6.07, 6.45) is 0.0631. The van der Waals surface area contributed by atoms with Crippen molar-refractivity contribution in [1.29, 1.82) is 0 Å². The topological polar surface area (TPSA) is 75.1 Å². The number of aliphatic hydroxyl groups is 1. The van der Waals surface area contributed by atoms with Crippen LogP contribution in [0.4, 0.5) is 27.8 Å². The van der Waals surface area contributed by atoms with Gasteiger partial charge in [0.15, 0.2) is 29.1 Å². The van der Waals surface area contributed by atoms with Gasteiger partial charge in [0, 0.05) is 11.1 Å². The number of nitrogens with one attached hydrogen (secondary N) is 1. The van der Waals surface area contributed by atoms with Gasteiger partial charge in [0.25, 0.3) is 0 Å². The minimum atomic E-state index is -2.29. The number of carbonyl (C=O) groups excluding carboxylic acids is 1. The molecule has 3 aromatic rings. The van der Waals surface area contributed by atoms with Crippen molar-refractivity contribution in [3.05, 3.63) is 75.4 Å². The summed E-state index contributed by atoms with van der Waals surface area (Å²) in [7, 11) is 0. The maximum atomic E-state index is 13.9. The van der Waals surface area contributed by atoms with Gasteiger partial charge >= 0.3 is 0 Å². The molecule has 1 amide bonds. The molecule has 2 N–H and O–H groups in total. The summed E-state index contributed by atoms with van der Waals surface area (Å²) in [5.41, 5.74) is 2.91. The molecule has 0 atom stereocenters. The first-order valence-corrected chi connectivity index (χ1v) is 9.62. The van der Waals surface area contributed by atoms with Crippen molar-refractivity contribution in [3.8, 4) is 11.3 Å². The molecule has 0 aliphatic heterocycles. The van der Waals surface area contributed by atoms with Crippen LogP contribution in [0.3, 0.4) is 0 Å². The van der Waals surface area contributed by atoms with Crippen molar-refractivity contribution in [3.63, 3.8) is 0 Å². The zero-order valence-electron chi connectivity index (χ0n) is 16.7.